The van der Waals surface area contributed by atoms with Crippen LogP contribution < -0.4 is 10.2 Å². The number of amides is 2. The van der Waals surface area contributed by atoms with Gasteiger partial charge in [0.2, 0.25) is 11.8 Å². The monoisotopic (exact) mass is 312 g/mol. The summed E-state index contributed by atoms with van der Waals surface area (Å²) in [6, 6.07) is 4.92. The van der Waals surface area contributed by atoms with Crippen LogP contribution in [-0.2, 0) is 9.59 Å². The summed E-state index contributed by atoms with van der Waals surface area (Å²) in [4.78, 5) is 25.4. The van der Waals surface area contributed by atoms with Crippen LogP contribution in [0.25, 0.3) is 0 Å². The van der Waals surface area contributed by atoms with Crippen LogP contribution >= 0.6 is 23.2 Å². The lowest BCUT2D eigenvalue weighted by molar-refractivity contribution is -0.126. The van der Waals surface area contributed by atoms with E-state index in [1.165, 1.54) is 4.90 Å². The van der Waals surface area contributed by atoms with Crippen molar-refractivity contribution in [1.29, 1.82) is 0 Å². The van der Waals surface area contributed by atoms with Crippen molar-refractivity contribution >= 4 is 40.7 Å². The largest absolute Gasteiger partial charge is 0.352 e. The highest BCUT2D eigenvalue weighted by Gasteiger charge is 2.35. The molecule has 0 spiro atoms. The molecule has 1 aliphatic rings. The first kappa shape index (κ1) is 14.9. The highest BCUT2D eigenvalue weighted by atomic mass is 35.5. The van der Waals surface area contributed by atoms with Crippen molar-refractivity contribution in [3.05, 3.63) is 40.9 Å². The van der Waals surface area contributed by atoms with Crippen LogP contribution in [0.1, 0.15) is 6.42 Å². The van der Waals surface area contributed by atoms with E-state index in [0.717, 1.165) is 0 Å². The minimum atomic E-state index is -0.361. The van der Waals surface area contributed by atoms with Crippen LogP contribution in [0.5, 0.6) is 0 Å². The minimum absolute atomic E-state index is 0.109. The molecule has 0 aromatic heterocycles. The lowest BCUT2D eigenvalue weighted by Gasteiger charge is -2.17. The van der Waals surface area contributed by atoms with Gasteiger partial charge >= 0.3 is 0 Å². The normalized spacial score (nSPS) is 18.2. The molecule has 1 aromatic carbocycles. The molecule has 2 rings (SSSR count). The molecule has 1 aromatic rings. The maximum absolute atomic E-state index is 12.0. The van der Waals surface area contributed by atoms with E-state index in [9.17, 15) is 9.59 Å². The second kappa shape index (κ2) is 6.29. The van der Waals surface area contributed by atoms with E-state index >= 15 is 0 Å². The molecule has 20 heavy (non-hydrogen) atoms. The Balaban J connectivity index is 2.12. The van der Waals surface area contributed by atoms with Crippen molar-refractivity contribution in [1.82, 2.24) is 5.32 Å². The molecule has 1 saturated heterocycles. The average Bonchev–Trinajstić information content (AvgIpc) is 2.77. The summed E-state index contributed by atoms with van der Waals surface area (Å²) in [6.45, 7) is 4.26. The molecule has 0 aliphatic carbocycles. The summed E-state index contributed by atoms with van der Waals surface area (Å²) in [6.07, 6.45) is 1.79. The molecule has 0 saturated carbocycles. The fourth-order valence-corrected chi connectivity index (χ4v) is 2.66. The number of nitrogens with one attached hydrogen (secondary N) is 1. The number of anilines is 1. The van der Waals surface area contributed by atoms with Gasteiger partial charge in [0.1, 0.15) is 0 Å². The minimum Gasteiger partial charge on any atom is -0.352 e. The molecule has 1 atom stereocenters. The van der Waals surface area contributed by atoms with Crippen LogP contribution in [-0.4, -0.2) is 24.9 Å². The SMILES string of the molecule is C=CCNC(=O)C1CC(=O)N(c2cc(Cl)cc(Cl)c2)C1. The molecule has 106 valence electrons. The molecule has 1 heterocycles. The first-order valence-corrected chi connectivity index (χ1v) is 6.92. The fraction of sp³-hybridized carbons (Fsp3) is 0.286. The zero-order chi connectivity index (χ0) is 14.7. The molecule has 2 amide bonds. The van der Waals surface area contributed by atoms with E-state index in [0.29, 0.717) is 28.8 Å². The van der Waals surface area contributed by atoms with E-state index in [-0.39, 0.29) is 24.2 Å². The Morgan fingerprint density at radius 2 is 2.05 bits per heavy atom. The van der Waals surface area contributed by atoms with Gasteiger partial charge in [-0.1, -0.05) is 29.3 Å². The maximum atomic E-state index is 12.0. The molecule has 6 heteroatoms. The van der Waals surface area contributed by atoms with Gasteiger partial charge in [-0.15, -0.1) is 6.58 Å². The first-order valence-electron chi connectivity index (χ1n) is 6.16. The second-order valence-corrected chi connectivity index (χ2v) is 5.44. The van der Waals surface area contributed by atoms with Gasteiger partial charge in [0.25, 0.3) is 0 Å². The molecule has 1 N–H and O–H groups in total. The van der Waals surface area contributed by atoms with Crippen LogP contribution in [0.15, 0.2) is 30.9 Å². The van der Waals surface area contributed by atoms with Gasteiger partial charge in [-0.3, -0.25) is 9.59 Å². The van der Waals surface area contributed by atoms with Crippen molar-refractivity contribution < 1.29 is 9.59 Å². The molecule has 1 fully saturated rings. The highest BCUT2D eigenvalue weighted by molar-refractivity contribution is 6.35. The van der Waals surface area contributed by atoms with Crippen LogP contribution in [0, 0.1) is 5.92 Å². The summed E-state index contributed by atoms with van der Waals surface area (Å²) in [7, 11) is 0. The number of nitrogens with zero attached hydrogens (tertiary/aromatic N) is 1. The number of carbonyl (C=O) groups excluding carboxylic acids is 2. The average molecular weight is 313 g/mol. The van der Waals surface area contributed by atoms with Crippen LogP contribution in [0.3, 0.4) is 0 Å². The Hall–Kier alpha value is -1.52. The van der Waals surface area contributed by atoms with Crippen molar-refractivity contribution in [2.75, 3.05) is 18.0 Å². The van der Waals surface area contributed by atoms with Gasteiger partial charge in [0.15, 0.2) is 0 Å². The summed E-state index contributed by atoms with van der Waals surface area (Å²) < 4.78 is 0. The predicted molar refractivity (Wildman–Crippen MR) is 80.1 cm³/mol. The fourth-order valence-electron chi connectivity index (χ4n) is 2.14. The third kappa shape index (κ3) is 3.32. The van der Waals surface area contributed by atoms with Gasteiger partial charge in [0.05, 0.1) is 5.92 Å². The zero-order valence-electron chi connectivity index (χ0n) is 10.7. The summed E-state index contributed by atoms with van der Waals surface area (Å²) in [5, 5.41) is 3.62. The molecule has 1 unspecified atom stereocenters. The van der Waals surface area contributed by atoms with Crippen molar-refractivity contribution in [2.45, 2.75) is 6.42 Å². The molecular formula is C14H14Cl2N2O2. The third-order valence-corrected chi connectivity index (χ3v) is 3.51. The molecular weight excluding hydrogens is 299 g/mol. The van der Waals surface area contributed by atoms with Gasteiger partial charge in [0, 0.05) is 35.2 Å². The number of rotatable bonds is 4. The van der Waals surface area contributed by atoms with Crippen molar-refractivity contribution in [3.8, 4) is 0 Å². The standard InChI is InChI=1S/C14H14Cl2N2O2/c1-2-3-17-14(20)9-4-13(19)18(8-9)12-6-10(15)5-11(16)7-12/h2,5-7,9H,1,3-4,8H2,(H,17,20). The summed E-state index contributed by atoms with van der Waals surface area (Å²) in [5.41, 5.74) is 0.617. The van der Waals surface area contributed by atoms with Crippen molar-refractivity contribution in [2.24, 2.45) is 5.92 Å². The van der Waals surface area contributed by atoms with Crippen molar-refractivity contribution in [3.63, 3.8) is 0 Å². The Kier molecular flexibility index (Phi) is 4.68. The number of hydrogen-bond acceptors (Lipinski definition) is 2. The molecule has 0 bridgehead atoms. The lowest BCUT2D eigenvalue weighted by atomic mass is 10.1. The number of benzene rings is 1. The van der Waals surface area contributed by atoms with Gasteiger partial charge in [-0.25, -0.2) is 0 Å². The van der Waals surface area contributed by atoms with E-state index in [2.05, 4.69) is 11.9 Å². The topological polar surface area (TPSA) is 49.4 Å². The van der Waals surface area contributed by atoms with Gasteiger partial charge in [-0.05, 0) is 18.2 Å². The zero-order valence-corrected chi connectivity index (χ0v) is 12.2. The van der Waals surface area contributed by atoms with Gasteiger partial charge < -0.3 is 10.2 Å². The smallest absolute Gasteiger partial charge is 0.227 e. The summed E-state index contributed by atoms with van der Waals surface area (Å²) in [5.74, 6) is -0.615. The highest BCUT2D eigenvalue weighted by Crippen LogP contribution is 2.30. The third-order valence-electron chi connectivity index (χ3n) is 3.08. The number of carbonyl (C=O) groups is 2. The van der Waals surface area contributed by atoms with Crippen LogP contribution in [0.4, 0.5) is 5.69 Å². The Morgan fingerprint density at radius 1 is 1.40 bits per heavy atom. The predicted octanol–water partition coefficient (Wildman–Crippen LogP) is 2.65. The van der Waals surface area contributed by atoms with Gasteiger partial charge in [-0.2, -0.15) is 0 Å². The summed E-state index contributed by atoms with van der Waals surface area (Å²) >= 11 is 11.9. The Bertz CT molecular complexity index is 540. The second-order valence-electron chi connectivity index (χ2n) is 4.57. The van der Waals surface area contributed by atoms with Crippen LogP contribution in [0.2, 0.25) is 10.0 Å². The number of hydrogen-bond donors (Lipinski definition) is 1. The Labute approximate surface area is 127 Å². The molecule has 1 aliphatic heterocycles. The lowest BCUT2D eigenvalue weighted by Crippen LogP contribution is -2.33. The van der Waals surface area contributed by atoms with E-state index in [4.69, 9.17) is 23.2 Å². The number of halogens is 2. The molecule has 4 nitrogen and oxygen atoms in total. The molecule has 0 radical (unpaired) electrons. The Morgan fingerprint density at radius 3 is 2.65 bits per heavy atom. The van der Waals surface area contributed by atoms with E-state index in [1.54, 1.807) is 24.3 Å². The van der Waals surface area contributed by atoms with E-state index < -0.39 is 0 Å². The van der Waals surface area contributed by atoms with E-state index in [1.807, 2.05) is 0 Å². The maximum Gasteiger partial charge on any atom is 0.227 e. The quantitative estimate of drug-likeness (QED) is 0.869. The first-order chi connectivity index (χ1) is 9.51.